The van der Waals surface area contributed by atoms with Crippen LogP contribution < -0.4 is 10.6 Å². The molecule has 6 heteroatoms. The maximum Gasteiger partial charge on any atom is 0.221 e. The van der Waals surface area contributed by atoms with Gasteiger partial charge in [0, 0.05) is 47.2 Å². The first-order chi connectivity index (χ1) is 10.8. The maximum atomic E-state index is 12.1. The van der Waals surface area contributed by atoms with E-state index in [9.17, 15) is 14.4 Å². The highest BCUT2D eigenvalue weighted by Crippen LogP contribution is 2.22. The predicted molar refractivity (Wildman–Crippen MR) is 92.9 cm³/mol. The number of carbonyl (C=O) groups is 3. The van der Waals surface area contributed by atoms with Crippen molar-refractivity contribution in [1.82, 2.24) is 10.6 Å². The summed E-state index contributed by atoms with van der Waals surface area (Å²) >= 11 is 1.59. The molecule has 1 aromatic rings. The van der Waals surface area contributed by atoms with Crippen molar-refractivity contribution >= 4 is 28.9 Å². The van der Waals surface area contributed by atoms with Crippen LogP contribution in [0.25, 0.3) is 0 Å². The molecule has 128 valence electrons. The number of aryl methyl sites for hydroxylation is 2. The van der Waals surface area contributed by atoms with E-state index in [-0.39, 0.29) is 42.9 Å². The molecule has 0 saturated heterocycles. The van der Waals surface area contributed by atoms with Crippen LogP contribution in [-0.4, -0.2) is 30.2 Å². The highest BCUT2D eigenvalue weighted by atomic mass is 32.1. The number of thiophene rings is 1. The standard InChI is InChI=1S/C17H26N2O3S/c1-5-11(2)19-17(22)8-9-18-16(21)7-6-15(20)14-10-12(3)23-13(14)4/h10-11H,5-9H2,1-4H3,(H,18,21)(H,19,22)/t11-/m0/s1. The summed E-state index contributed by atoms with van der Waals surface area (Å²) in [5, 5.41) is 5.52. The van der Waals surface area contributed by atoms with Crippen LogP contribution in [0, 0.1) is 13.8 Å². The zero-order valence-corrected chi connectivity index (χ0v) is 15.1. The number of hydrogen-bond acceptors (Lipinski definition) is 4. The number of rotatable bonds is 9. The molecule has 0 aliphatic heterocycles. The molecule has 1 aromatic heterocycles. The largest absolute Gasteiger partial charge is 0.356 e. The van der Waals surface area contributed by atoms with E-state index in [0.29, 0.717) is 12.1 Å². The third-order valence-corrected chi connectivity index (χ3v) is 4.58. The number of nitrogens with one attached hydrogen (secondary N) is 2. The van der Waals surface area contributed by atoms with Crippen LogP contribution in [0.1, 0.15) is 59.6 Å². The first-order valence-electron chi connectivity index (χ1n) is 7.99. The van der Waals surface area contributed by atoms with Gasteiger partial charge in [0.05, 0.1) is 0 Å². The van der Waals surface area contributed by atoms with Crippen LogP contribution in [-0.2, 0) is 9.59 Å². The normalized spacial score (nSPS) is 11.8. The Bertz CT molecular complexity index is 566. The van der Waals surface area contributed by atoms with Crippen LogP contribution in [0.4, 0.5) is 0 Å². The minimum atomic E-state index is -0.195. The van der Waals surface area contributed by atoms with Gasteiger partial charge in [-0.25, -0.2) is 0 Å². The fourth-order valence-corrected chi connectivity index (χ4v) is 3.06. The Morgan fingerprint density at radius 1 is 1.13 bits per heavy atom. The van der Waals surface area contributed by atoms with E-state index in [1.807, 2.05) is 33.8 Å². The van der Waals surface area contributed by atoms with Gasteiger partial charge in [0.2, 0.25) is 11.8 Å². The van der Waals surface area contributed by atoms with Gasteiger partial charge in [-0.05, 0) is 33.3 Å². The lowest BCUT2D eigenvalue weighted by atomic mass is 10.1. The van der Waals surface area contributed by atoms with Gasteiger partial charge in [-0.1, -0.05) is 6.92 Å². The lowest BCUT2D eigenvalue weighted by Crippen LogP contribution is -2.35. The van der Waals surface area contributed by atoms with Gasteiger partial charge in [-0.15, -0.1) is 11.3 Å². The topological polar surface area (TPSA) is 75.3 Å². The average Bonchev–Trinajstić information content (AvgIpc) is 2.83. The van der Waals surface area contributed by atoms with Crippen molar-refractivity contribution in [2.45, 2.75) is 59.4 Å². The summed E-state index contributed by atoms with van der Waals surface area (Å²) in [7, 11) is 0. The second-order valence-corrected chi connectivity index (χ2v) is 7.19. The molecule has 0 aliphatic rings. The monoisotopic (exact) mass is 338 g/mol. The first kappa shape index (κ1) is 19.4. The van der Waals surface area contributed by atoms with E-state index in [2.05, 4.69) is 10.6 Å². The van der Waals surface area contributed by atoms with Crippen molar-refractivity contribution in [1.29, 1.82) is 0 Å². The summed E-state index contributed by atoms with van der Waals surface area (Å²) in [6.45, 7) is 8.12. The fourth-order valence-electron chi connectivity index (χ4n) is 2.12. The van der Waals surface area contributed by atoms with Crippen molar-refractivity contribution in [2.24, 2.45) is 0 Å². The molecule has 0 saturated carbocycles. The number of hydrogen-bond donors (Lipinski definition) is 2. The zero-order chi connectivity index (χ0) is 17.4. The molecule has 0 aromatic carbocycles. The quantitative estimate of drug-likeness (QED) is 0.680. The molecule has 0 spiro atoms. The molecule has 0 fully saturated rings. The molecule has 0 aliphatic carbocycles. The van der Waals surface area contributed by atoms with Crippen LogP contribution in [0.3, 0.4) is 0 Å². The highest BCUT2D eigenvalue weighted by molar-refractivity contribution is 7.12. The van der Waals surface area contributed by atoms with Gasteiger partial charge in [0.15, 0.2) is 5.78 Å². The Morgan fingerprint density at radius 2 is 1.83 bits per heavy atom. The van der Waals surface area contributed by atoms with E-state index < -0.39 is 0 Å². The SMILES string of the molecule is CC[C@H](C)NC(=O)CCNC(=O)CCC(=O)c1cc(C)sc1C. The van der Waals surface area contributed by atoms with Crippen molar-refractivity contribution in [2.75, 3.05) is 6.54 Å². The van der Waals surface area contributed by atoms with Crippen molar-refractivity contribution in [3.63, 3.8) is 0 Å². The molecular weight excluding hydrogens is 312 g/mol. The van der Waals surface area contributed by atoms with Gasteiger partial charge in [-0.3, -0.25) is 14.4 Å². The molecule has 2 N–H and O–H groups in total. The van der Waals surface area contributed by atoms with Crippen molar-refractivity contribution < 1.29 is 14.4 Å². The zero-order valence-electron chi connectivity index (χ0n) is 14.3. The van der Waals surface area contributed by atoms with Gasteiger partial charge >= 0.3 is 0 Å². The van der Waals surface area contributed by atoms with Crippen LogP contribution >= 0.6 is 11.3 Å². The molecule has 2 amide bonds. The number of Topliss-reactive ketones (excluding diaryl/α,β-unsaturated/α-hetero) is 1. The third kappa shape index (κ3) is 6.95. The van der Waals surface area contributed by atoms with Crippen LogP contribution in [0.5, 0.6) is 0 Å². The van der Waals surface area contributed by atoms with Crippen LogP contribution in [0.2, 0.25) is 0 Å². The van der Waals surface area contributed by atoms with E-state index in [0.717, 1.165) is 16.2 Å². The van der Waals surface area contributed by atoms with Crippen LogP contribution in [0.15, 0.2) is 6.07 Å². The maximum absolute atomic E-state index is 12.1. The Balaban J connectivity index is 2.25. The lowest BCUT2D eigenvalue weighted by Gasteiger charge is -2.11. The summed E-state index contributed by atoms with van der Waals surface area (Å²) in [5.74, 6) is -0.268. The average molecular weight is 338 g/mol. The van der Waals surface area contributed by atoms with Crippen molar-refractivity contribution in [3.05, 3.63) is 21.4 Å². The number of amides is 2. The van der Waals surface area contributed by atoms with E-state index >= 15 is 0 Å². The summed E-state index contributed by atoms with van der Waals surface area (Å²) < 4.78 is 0. The van der Waals surface area contributed by atoms with Gasteiger partial charge in [-0.2, -0.15) is 0 Å². The Labute approximate surface area is 141 Å². The Hall–Kier alpha value is -1.69. The molecule has 1 heterocycles. The molecule has 0 bridgehead atoms. The smallest absolute Gasteiger partial charge is 0.221 e. The minimum Gasteiger partial charge on any atom is -0.356 e. The van der Waals surface area contributed by atoms with E-state index in [4.69, 9.17) is 0 Å². The summed E-state index contributed by atoms with van der Waals surface area (Å²) in [5.41, 5.74) is 0.716. The molecular formula is C17H26N2O3S. The van der Waals surface area contributed by atoms with Gasteiger partial charge in [0.1, 0.15) is 0 Å². The summed E-state index contributed by atoms with van der Waals surface area (Å²) in [6.07, 6.45) is 1.48. The molecule has 1 rings (SSSR count). The summed E-state index contributed by atoms with van der Waals surface area (Å²) in [4.78, 5) is 37.5. The summed E-state index contributed by atoms with van der Waals surface area (Å²) in [6, 6.07) is 2.02. The van der Waals surface area contributed by atoms with Gasteiger partial charge in [0.25, 0.3) is 0 Å². The van der Waals surface area contributed by atoms with Gasteiger partial charge < -0.3 is 10.6 Å². The molecule has 0 radical (unpaired) electrons. The first-order valence-corrected chi connectivity index (χ1v) is 8.81. The number of carbonyl (C=O) groups excluding carboxylic acids is 3. The minimum absolute atomic E-state index is 0.00323. The molecule has 1 atom stereocenters. The Morgan fingerprint density at radius 3 is 2.39 bits per heavy atom. The second-order valence-electron chi connectivity index (χ2n) is 5.73. The highest BCUT2D eigenvalue weighted by Gasteiger charge is 2.14. The van der Waals surface area contributed by atoms with E-state index in [1.54, 1.807) is 11.3 Å². The molecule has 23 heavy (non-hydrogen) atoms. The lowest BCUT2D eigenvalue weighted by molar-refractivity contribution is -0.122. The number of ketones is 1. The fraction of sp³-hybridized carbons (Fsp3) is 0.588. The molecule has 0 unspecified atom stereocenters. The Kier molecular flexibility index (Phi) is 7.95. The molecule has 5 nitrogen and oxygen atoms in total. The van der Waals surface area contributed by atoms with Crippen molar-refractivity contribution in [3.8, 4) is 0 Å². The predicted octanol–water partition coefficient (Wildman–Crippen LogP) is 2.75. The third-order valence-electron chi connectivity index (χ3n) is 3.61. The van der Waals surface area contributed by atoms with E-state index in [1.165, 1.54) is 0 Å². The second kappa shape index (κ2) is 9.45.